The van der Waals surface area contributed by atoms with Crippen LogP contribution in [-0.2, 0) is 4.79 Å². The summed E-state index contributed by atoms with van der Waals surface area (Å²) in [6.07, 6.45) is 9.56. The molecule has 0 saturated carbocycles. The van der Waals surface area contributed by atoms with E-state index in [0.717, 1.165) is 19.3 Å². The zero-order valence-electron chi connectivity index (χ0n) is 6.97. The van der Waals surface area contributed by atoms with E-state index >= 15 is 0 Å². The molecular weight excluding hydrogens is 136 g/mol. The second kappa shape index (κ2) is 4.12. The topological polar surface area (TPSA) is 17.1 Å². The van der Waals surface area contributed by atoms with E-state index in [2.05, 4.69) is 13.0 Å². The van der Waals surface area contributed by atoms with Crippen LogP contribution < -0.4 is 0 Å². The predicted octanol–water partition coefficient (Wildman–Crippen LogP) is 2.63. The summed E-state index contributed by atoms with van der Waals surface area (Å²) < 4.78 is 0. The molecule has 0 aliphatic heterocycles. The monoisotopic (exact) mass is 150 g/mol. The van der Waals surface area contributed by atoms with Crippen LogP contribution in [-0.4, -0.2) is 5.78 Å². The Bertz CT molecular complexity index is 199. The van der Waals surface area contributed by atoms with E-state index in [1.165, 1.54) is 5.57 Å². The fourth-order valence-corrected chi connectivity index (χ4v) is 1.17. The molecule has 0 radical (unpaired) electrons. The summed E-state index contributed by atoms with van der Waals surface area (Å²) in [4.78, 5) is 11.0. The average molecular weight is 150 g/mol. The van der Waals surface area contributed by atoms with Gasteiger partial charge in [0, 0.05) is 6.42 Å². The molecule has 0 N–H and O–H groups in total. The molecule has 1 nitrogen and oxygen atoms in total. The molecule has 0 amide bonds. The first-order valence-electron chi connectivity index (χ1n) is 4.14. The highest BCUT2D eigenvalue weighted by molar-refractivity contribution is 5.89. The van der Waals surface area contributed by atoms with E-state index < -0.39 is 0 Å². The van der Waals surface area contributed by atoms with Crippen LogP contribution in [0.4, 0.5) is 0 Å². The Morgan fingerprint density at radius 3 is 2.91 bits per heavy atom. The minimum atomic E-state index is 0.260. The van der Waals surface area contributed by atoms with Gasteiger partial charge >= 0.3 is 0 Å². The smallest absolute Gasteiger partial charge is 0.155 e. The first-order valence-corrected chi connectivity index (χ1v) is 4.14. The van der Waals surface area contributed by atoms with Gasteiger partial charge in [-0.3, -0.25) is 4.79 Å². The lowest BCUT2D eigenvalue weighted by molar-refractivity contribution is -0.114. The maximum atomic E-state index is 11.0. The highest BCUT2D eigenvalue weighted by atomic mass is 16.1. The van der Waals surface area contributed by atoms with Gasteiger partial charge in [0.05, 0.1) is 0 Å². The minimum absolute atomic E-state index is 0.260. The molecule has 0 aromatic heterocycles. The third-order valence-corrected chi connectivity index (χ3v) is 1.89. The van der Waals surface area contributed by atoms with Crippen molar-refractivity contribution < 1.29 is 4.79 Å². The van der Waals surface area contributed by atoms with E-state index in [9.17, 15) is 4.79 Å². The Balaban J connectivity index is 2.56. The second-order valence-electron chi connectivity index (χ2n) is 3.00. The number of carbonyl (C=O) groups excluding carboxylic acids is 1. The SMILES string of the molecule is C/C1=C\CCC(=O)/C=C/CC1. The molecule has 60 valence electrons. The van der Waals surface area contributed by atoms with E-state index in [1.54, 1.807) is 6.08 Å². The molecule has 0 saturated heterocycles. The van der Waals surface area contributed by atoms with Gasteiger partial charge in [0.15, 0.2) is 5.78 Å². The van der Waals surface area contributed by atoms with E-state index in [4.69, 9.17) is 0 Å². The average Bonchev–Trinajstić information content (AvgIpc) is 2.04. The van der Waals surface area contributed by atoms with Gasteiger partial charge in [-0.05, 0) is 32.3 Å². The fourth-order valence-electron chi connectivity index (χ4n) is 1.17. The normalized spacial score (nSPS) is 27.7. The molecule has 0 aromatic carbocycles. The summed E-state index contributed by atoms with van der Waals surface area (Å²) in [5.41, 5.74) is 1.41. The maximum Gasteiger partial charge on any atom is 0.155 e. The van der Waals surface area contributed by atoms with E-state index in [0.29, 0.717) is 6.42 Å². The molecule has 0 spiro atoms. The number of hydrogen-bond acceptors (Lipinski definition) is 1. The molecule has 1 aliphatic carbocycles. The number of hydrogen-bond donors (Lipinski definition) is 0. The molecule has 1 heteroatoms. The zero-order valence-corrected chi connectivity index (χ0v) is 6.97. The highest BCUT2D eigenvalue weighted by Crippen LogP contribution is 2.09. The number of allylic oxidation sites excluding steroid dienone is 4. The van der Waals surface area contributed by atoms with Crippen molar-refractivity contribution in [3.05, 3.63) is 23.8 Å². The third-order valence-electron chi connectivity index (χ3n) is 1.89. The van der Waals surface area contributed by atoms with Gasteiger partial charge in [0.1, 0.15) is 0 Å². The number of carbonyl (C=O) groups is 1. The first kappa shape index (κ1) is 8.25. The maximum absolute atomic E-state index is 11.0. The lowest BCUT2D eigenvalue weighted by Crippen LogP contribution is -1.89. The predicted molar refractivity (Wildman–Crippen MR) is 46.4 cm³/mol. The Morgan fingerprint density at radius 1 is 1.27 bits per heavy atom. The van der Waals surface area contributed by atoms with Crippen molar-refractivity contribution in [2.75, 3.05) is 0 Å². The van der Waals surface area contributed by atoms with Crippen molar-refractivity contribution in [1.82, 2.24) is 0 Å². The Morgan fingerprint density at radius 2 is 2.09 bits per heavy atom. The molecule has 0 heterocycles. The van der Waals surface area contributed by atoms with Crippen molar-refractivity contribution in [3.8, 4) is 0 Å². The van der Waals surface area contributed by atoms with Crippen LogP contribution in [0.3, 0.4) is 0 Å². The van der Waals surface area contributed by atoms with Crippen LogP contribution in [0, 0.1) is 0 Å². The number of rotatable bonds is 0. The fraction of sp³-hybridized carbons (Fsp3) is 0.500. The number of ketones is 1. The van der Waals surface area contributed by atoms with E-state index in [-0.39, 0.29) is 5.78 Å². The van der Waals surface area contributed by atoms with Crippen molar-refractivity contribution in [1.29, 1.82) is 0 Å². The van der Waals surface area contributed by atoms with Crippen LogP contribution >= 0.6 is 0 Å². The summed E-state index contributed by atoms with van der Waals surface area (Å²) in [7, 11) is 0. The molecule has 0 unspecified atom stereocenters. The molecule has 0 atom stereocenters. The van der Waals surface area contributed by atoms with Crippen LogP contribution in [0.25, 0.3) is 0 Å². The zero-order chi connectivity index (χ0) is 8.10. The van der Waals surface area contributed by atoms with Gasteiger partial charge in [0.2, 0.25) is 0 Å². The molecule has 0 bridgehead atoms. The van der Waals surface area contributed by atoms with Crippen LogP contribution in [0.5, 0.6) is 0 Å². The summed E-state index contributed by atoms with van der Waals surface area (Å²) in [6.45, 7) is 2.13. The lowest BCUT2D eigenvalue weighted by Gasteiger charge is -1.94. The van der Waals surface area contributed by atoms with Crippen LogP contribution in [0.15, 0.2) is 23.8 Å². The minimum Gasteiger partial charge on any atom is -0.295 e. The highest BCUT2D eigenvalue weighted by Gasteiger charge is 1.97. The van der Waals surface area contributed by atoms with E-state index in [1.807, 2.05) is 6.08 Å². The summed E-state index contributed by atoms with van der Waals surface area (Å²) in [5.74, 6) is 0.260. The Labute approximate surface area is 67.8 Å². The van der Waals surface area contributed by atoms with Crippen molar-refractivity contribution in [3.63, 3.8) is 0 Å². The molecule has 0 aromatic rings. The van der Waals surface area contributed by atoms with Gasteiger partial charge < -0.3 is 0 Å². The van der Waals surface area contributed by atoms with Crippen LogP contribution in [0.1, 0.15) is 32.6 Å². The standard InChI is InChI=1S/C10H14O/c1-9-5-2-3-7-10(11)8-4-6-9/h3,6-7H,2,4-5,8H2,1H3/b7-3+,9-6+. The second-order valence-corrected chi connectivity index (χ2v) is 3.00. The summed E-state index contributed by atoms with van der Waals surface area (Å²) >= 11 is 0. The van der Waals surface area contributed by atoms with Crippen LogP contribution in [0.2, 0.25) is 0 Å². The van der Waals surface area contributed by atoms with Crippen molar-refractivity contribution in [2.24, 2.45) is 0 Å². The lowest BCUT2D eigenvalue weighted by atomic mass is 10.1. The molecule has 1 rings (SSSR count). The molecule has 11 heavy (non-hydrogen) atoms. The van der Waals surface area contributed by atoms with Crippen molar-refractivity contribution in [2.45, 2.75) is 32.6 Å². The summed E-state index contributed by atoms with van der Waals surface area (Å²) in [5, 5.41) is 0. The van der Waals surface area contributed by atoms with Gasteiger partial charge in [-0.25, -0.2) is 0 Å². The van der Waals surface area contributed by atoms with Crippen molar-refractivity contribution >= 4 is 5.78 Å². The van der Waals surface area contributed by atoms with Gasteiger partial charge in [0.25, 0.3) is 0 Å². The largest absolute Gasteiger partial charge is 0.295 e. The summed E-state index contributed by atoms with van der Waals surface area (Å²) in [6, 6.07) is 0. The third kappa shape index (κ3) is 3.17. The van der Waals surface area contributed by atoms with Gasteiger partial charge in [-0.2, -0.15) is 0 Å². The molecule has 1 aliphatic rings. The molecule has 0 fully saturated rings. The Hall–Kier alpha value is -0.850. The quantitative estimate of drug-likeness (QED) is 0.485. The van der Waals surface area contributed by atoms with Gasteiger partial charge in [-0.15, -0.1) is 0 Å². The van der Waals surface area contributed by atoms with Gasteiger partial charge in [-0.1, -0.05) is 17.7 Å². The first-order chi connectivity index (χ1) is 5.29. The Kier molecular flexibility index (Phi) is 3.09. The molecular formula is C10H14O.